The number of para-hydroxylation sites is 1. The topological polar surface area (TPSA) is 41.4 Å². The Morgan fingerprint density at radius 2 is 2.06 bits per heavy atom. The Kier molecular flexibility index (Phi) is 2.47. The Hall–Kier alpha value is -2.04. The highest BCUT2D eigenvalue weighted by Gasteiger charge is 2.22. The number of aromatic nitrogens is 2. The van der Waals surface area contributed by atoms with Gasteiger partial charge >= 0.3 is 0 Å². The molecule has 1 fully saturated rings. The van der Waals surface area contributed by atoms with Crippen LogP contribution in [-0.2, 0) is 11.8 Å². The lowest BCUT2D eigenvalue weighted by molar-refractivity contribution is -0.129. The molecule has 0 bridgehead atoms. The van der Waals surface area contributed by atoms with Gasteiger partial charge in [0.05, 0.1) is 24.1 Å². The van der Waals surface area contributed by atoms with Crippen molar-refractivity contribution in [1.82, 2.24) is 14.5 Å². The summed E-state index contributed by atoms with van der Waals surface area (Å²) < 4.78 is 2.00. The van der Waals surface area contributed by atoms with Crippen LogP contribution in [0.1, 0.15) is 0 Å². The van der Waals surface area contributed by atoms with Crippen molar-refractivity contribution in [3.63, 3.8) is 0 Å². The minimum absolute atomic E-state index is 0.161. The molecule has 5 nitrogen and oxygen atoms in total. The number of carbonyl (C=O) groups excluding carboxylic acids is 1. The Morgan fingerprint density at radius 1 is 1.22 bits per heavy atom. The van der Waals surface area contributed by atoms with E-state index >= 15 is 0 Å². The summed E-state index contributed by atoms with van der Waals surface area (Å²) in [6.07, 6.45) is 1.81. The third-order valence-electron chi connectivity index (χ3n) is 3.53. The van der Waals surface area contributed by atoms with E-state index in [1.54, 1.807) is 4.90 Å². The van der Waals surface area contributed by atoms with Gasteiger partial charge in [-0.2, -0.15) is 0 Å². The molecule has 1 aliphatic rings. The number of hydrogen-bond acceptors (Lipinski definition) is 3. The Morgan fingerprint density at radius 3 is 2.83 bits per heavy atom. The standard InChI is InChI=1S/C13H16N4O/c1-15-6-7-17(8-12(15)18)11-5-3-4-10-13(11)14-9-16(10)2/h3-5,9H,6-8H2,1-2H3. The fourth-order valence-electron chi connectivity index (χ4n) is 2.36. The molecular formula is C13H16N4O. The molecule has 2 aromatic rings. The molecule has 0 N–H and O–H groups in total. The fraction of sp³-hybridized carbons (Fsp3) is 0.385. The number of carbonyl (C=O) groups is 1. The van der Waals surface area contributed by atoms with Crippen molar-refractivity contribution in [2.45, 2.75) is 0 Å². The molecule has 5 heteroatoms. The molecule has 1 saturated heterocycles. The van der Waals surface area contributed by atoms with Crippen LogP contribution in [0.4, 0.5) is 5.69 Å². The largest absolute Gasteiger partial charge is 0.359 e. The Labute approximate surface area is 106 Å². The van der Waals surface area contributed by atoms with E-state index in [-0.39, 0.29) is 5.91 Å². The summed E-state index contributed by atoms with van der Waals surface area (Å²) in [5.41, 5.74) is 3.12. The van der Waals surface area contributed by atoms with Crippen LogP contribution in [0.15, 0.2) is 24.5 Å². The van der Waals surface area contributed by atoms with E-state index in [4.69, 9.17) is 0 Å². The number of piperazine rings is 1. The molecule has 94 valence electrons. The van der Waals surface area contributed by atoms with Gasteiger partial charge in [-0.1, -0.05) is 6.07 Å². The molecular weight excluding hydrogens is 228 g/mol. The smallest absolute Gasteiger partial charge is 0.241 e. The van der Waals surface area contributed by atoms with Crippen molar-refractivity contribution in [2.24, 2.45) is 7.05 Å². The van der Waals surface area contributed by atoms with E-state index in [1.807, 2.05) is 43.2 Å². The second-order valence-electron chi connectivity index (χ2n) is 4.74. The van der Waals surface area contributed by atoms with E-state index in [2.05, 4.69) is 9.88 Å². The molecule has 0 unspecified atom stereocenters. The highest BCUT2D eigenvalue weighted by Crippen LogP contribution is 2.26. The summed E-state index contributed by atoms with van der Waals surface area (Å²) in [4.78, 5) is 20.1. The number of amides is 1. The molecule has 3 rings (SSSR count). The maximum atomic E-state index is 11.8. The number of likely N-dealkylation sites (N-methyl/N-ethyl adjacent to an activating group) is 1. The lowest BCUT2D eigenvalue weighted by atomic mass is 10.2. The van der Waals surface area contributed by atoms with E-state index in [0.29, 0.717) is 6.54 Å². The first-order chi connectivity index (χ1) is 8.66. The summed E-state index contributed by atoms with van der Waals surface area (Å²) in [6, 6.07) is 6.10. The van der Waals surface area contributed by atoms with Crippen LogP contribution >= 0.6 is 0 Å². The molecule has 0 aliphatic carbocycles. The number of fused-ring (bicyclic) bond motifs is 1. The quantitative estimate of drug-likeness (QED) is 0.747. The zero-order chi connectivity index (χ0) is 12.7. The molecule has 0 atom stereocenters. The number of nitrogens with zero attached hydrogens (tertiary/aromatic N) is 4. The number of aryl methyl sites for hydroxylation is 1. The van der Waals surface area contributed by atoms with Crippen LogP contribution in [0.3, 0.4) is 0 Å². The van der Waals surface area contributed by atoms with Gasteiger partial charge in [-0.25, -0.2) is 4.98 Å². The summed E-state index contributed by atoms with van der Waals surface area (Å²) in [6.45, 7) is 2.06. The highest BCUT2D eigenvalue weighted by atomic mass is 16.2. The first kappa shape index (κ1) is 11.1. The Bertz CT molecular complexity index is 604. The van der Waals surface area contributed by atoms with Crippen LogP contribution in [0, 0.1) is 0 Å². The van der Waals surface area contributed by atoms with Gasteiger partial charge in [0.25, 0.3) is 0 Å². The van der Waals surface area contributed by atoms with Crippen molar-refractivity contribution in [1.29, 1.82) is 0 Å². The average Bonchev–Trinajstić information content (AvgIpc) is 2.75. The summed E-state index contributed by atoms with van der Waals surface area (Å²) in [5.74, 6) is 0.161. The van der Waals surface area contributed by atoms with E-state index in [1.165, 1.54) is 0 Å². The van der Waals surface area contributed by atoms with Crippen molar-refractivity contribution in [3.05, 3.63) is 24.5 Å². The monoisotopic (exact) mass is 244 g/mol. The van der Waals surface area contributed by atoms with Crippen molar-refractivity contribution < 1.29 is 4.79 Å². The molecule has 0 radical (unpaired) electrons. The van der Waals surface area contributed by atoms with Crippen molar-refractivity contribution in [2.75, 3.05) is 31.6 Å². The summed E-state index contributed by atoms with van der Waals surface area (Å²) in [5, 5.41) is 0. The van der Waals surface area contributed by atoms with Crippen molar-refractivity contribution >= 4 is 22.6 Å². The fourth-order valence-corrected chi connectivity index (χ4v) is 2.36. The summed E-state index contributed by atoms with van der Waals surface area (Å²) >= 11 is 0. The number of rotatable bonds is 1. The van der Waals surface area contributed by atoms with Gasteiger partial charge in [0.2, 0.25) is 5.91 Å². The van der Waals surface area contributed by atoms with Gasteiger partial charge in [0, 0.05) is 27.2 Å². The second-order valence-corrected chi connectivity index (χ2v) is 4.74. The normalized spacial score (nSPS) is 16.7. The van der Waals surface area contributed by atoms with Crippen LogP contribution < -0.4 is 4.90 Å². The first-order valence-corrected chi connectivity index (χ1v) is 6.06. The lowest BCUT2D eigenvalue weighted by Crippen LogP contribution is -2.48. The van der Waals surface area contributed by atoms with Gasteiger partial charge in [0.15, 0.2) is 0 Å². The maximum Gasteiger partial charge on any atom is 0.241 e. The number of imidazole rings is 1. The molecule has 1 amide bonds. The summed E-state index contributed by atoms with van der Waals surface area (Å²) in [7, 11) is 3.83. The average molecular weight is 244 g/mol. The van der Waals surface area contributed by atoms with Crippen LogP contribution in [0.2, 0.25) is 0 Å². The van der Waals surface area contributed by atoms with Crippen molar-refractivity contribution in [3.8, 4) is 0 Å². The maximum absolute atomic E-state index is 11.8. The third-order valence-corrected chi connectivity index (χ3v) is 3.53. The highest BCUT2D eigenvalue weighted by molar-refractivity contribution is 5.92. The zero-order valence-electron chi connectivity index (χ0n) is 10.6. The predicted octanol–water partition coefficient (Wildman–Crippen LogP) is 0.852. The first-order valence-electron chi connectivity index (χ1n) is 6.06. The molecule has 18 heavy (non-hydrogen) atoms. The van der Waals surface area contributed by atoms with Gasteiger partial charge in [-0.05, 0) is 12.1 Å². The SMILES string of the molecule is CN1CCN(c2cccc3c2ncn3C)CC1=O. The lowest BCUT2D eigenvalue weighted by Gasteiger charge is -2.33. The minimum atomic E-state index is 0.161. The second kappa shape index (κ2) is 4.01. The van der Waals surface area contributed by atoms with Gasteiger partial charge in [0.1, 0.15) is 5.52 Å². The number of benzene rings is 1. The number of anilines is 1. The Balaban J connectivity index is 2.02. The molecule has 0 spiro atoms. The van der Waals surface area contributed by atoms with Gasteiger partial charge in [-0.3, -0.25) is 4.79 Å². The van der Waals surface area contributed by atoms with Crippen LogP contribution in [-0.4, -0.2) is 47.0 Å². The van der Waals surface area contributed by atoms with Gasteiger partial charge < -0.3 is 14.4 Å². The molecule has 2 heterocycles. The molecule has 0 saturated carbocycles. The third kappa shape index (κ3) is 1.63. The van der Waals surface area contributed by atoms with E-state index in [0.717, 1.165) is 29.8 Å². The molecule has 1 aromatic heterocycles. The van der Waals surface area contributed by atoms with Crippen LogP contribution in [0.25, 0.3) is 11.0 Å². The van der Waals surface area contributed by atoms with E-state index in [9.17, 15) is 4.79 Å². The minimum Gasteiger partial charge on any atom is -0.359 e. The molecule has 1 aromatic carbocycles. The van der Waals surface area contributed by atoms with Crippen LogP contribution in [0.5, 0.6) is 0 Å². The van der Waals surface area contributed by atoms with Gasteiger partial charge in [-0.15, -0.1) is 0 Å². The zero-order valence-corrected chi connectivity index (χ0v) is 10.6. The van der Waals surface area contributed by atoms with E-state index < -0.39 is 0 Å². The number of hydrogen-bond donors (Lipinski definition) is 0. The molecule has 1 aliphatic heterocycles. The predicted molar refractivity (Wildman–Crippen MR) is 70.6 cm³/mol.